The van der Waals surface area contributed by atoms with Gasteiger partial charge in [-0.2, -0.15) is 5.26 Å². The SMILES string of the molecule is CC1CN(C(=O)OC(C)(C)C)CCC1C(C)(C)C#N. The van der Waals surface area contributed by atoms with Crippen LogP contribution >= 0.6 is 0 Å². The Labute approximate surface area is 116 Å². The Hall–Kier alpha value is -1.24. The van der Waals surface area contributed by atoms with Gasteiger partial charge < -0.3 is 9.64 Å². The number of nitrogens with zero attached hydrogens (tertiary/aromatic N) is 2. The lowest BCUT2D eigenvalue weighted by Crippen LogP contribution is -2.48. The molecule has 0 aromatic heterocycles. The molecule has 19 heavy (non-hydrogen) atoms. The van der Waals surface area contributed by atoms with E-state index in [0.717, 1.165) is 6.42 Å². The van der Waals surface area contributed by atoms with Crippen LogP contribution in [0.2, 0.25) is 0 Å². The number of amides is 1. The first-order chi connectivity index (χ1) is 8.57. The molecule has 1 aliphatic heterocycles. The summed E-state index contributed by atoms with van der Waals surface area (Å²) in [6, 6.07) is 2.39. The van der Waals surface area contributed by atoms with Gasteiger partial charge in [-0.1, -0.05) is 6.92 Å². The van der Waals surface area contributed by atoms with Crippen LogP contribution in [-0.2, 0) is 4.74 Å². The number of ether oxygens (including phenoxy) is 1. The second-order valence-corrected chi connectivity index (χ2v) is 7.13. The topological polar surface area (TPSA) is 53.3 Å². The van der Waals surface area contributed by atoms with Crippen LogP contribution in [-0.4, -0.2) is 29.7 Å². The molecule has 0 aromatic rings. The molecule has 0 radical (unpaired) electrons. The van der Waals surface area contributed by atoms with Gasteiger partial charge in [0.2, 0.25) is 0 Å². The Bertz CT molecular complexity index is 377. The number of likely N-dealkylation sites (tertiary alicyclic amines) is 1. The second kappa shape index (κ2) is 5.40. The van der Waals surface area contributed by atoms with Crippen molar-refractivity contribution in [2.75, 3.05) is 13.1 Å². The highest BCUT2D eigenvalue weighted by molar-refractivity contribution is 5.68. The van der Waals surface area contributed by atoms with E-state index in [1.807, 2.05) is 34.6 Å². The van der Waals surface area contributed by atoms with E-state index in [1.54, 1.807) is 4.90 Å². The average Bonchev–Trinajstić information content (AvgIpc) is 2.26. The van der Waals surface area contributed by atoms with Crippen molar-refractivity contribution in [3.05, 3.63) is 0 Å². The van der Waals surface area contributed by atoms with Crippen molar-refractivity contribution in [1.29, 1.82) is 5.26 Å². The van der Waals surface area contributed by atoms with Gasteiger partial charge in [0.25, 0.3) is 0 Å². The van der Waals surface area contributed by atoms with Crippen molar-refractivity contribution < 1.29 is 9.53 Å². The fourth-order valence-corrected chi connectivity index (χ4v) is 2.79. The molecule has 1 amide bonds. The zero-order valence-corrected chi connectivity index (χ0v) is 13.0. The summed E-state index contributed by atoms with van der Waals surface area (Å²) in [5, 5.41) is 9.24. The third-order valence-corrected chi connectivity index (χ3v) is 3.77. The molecular weight excluding hydrogens is 240 g/mol. The summed E-state index contributed by atoms with van der Waals surface area (Å²) in [6.45, 7) is 13.0. The van der Waals surface area contributed by atoms with Crippen molar-refractivity contribution in [2.45, 2.75) is 53.6 Å². The van der Waals surface area contributed by atoms with Gasteiger partial charge in [0.15, 0.2) is 0 Å². The summed E-state index contributed by atoms with van der Waals surface area (Å²) in [7, 11) is 0. The highest BCUT2D eigenvalue weighted by Crippen LogP contribution is 2.38. The number of hydrogen-bond acceptors (Lipinski definition) is 3. The summed E-state index contributed by atoms with van der Waals surface area (Å²) in [4.78, 5) is 13.8. The maximum absolute atomic E-state index is 12.0. The number of carbonyl (C=O) groups excluding carboxylic acids is 1. The lowest BCUT2D eigenvalue weighted by atomic mass is 9.70. The van der Waals surface area contributed by atoms with Crippen molar-refractivity contribution in [3.63, 3.8) is 0 Å². The first-order valence-corrected chi connectivity index (χ1v) is 6.96. The third-order valence-electron chi connectivity index (χ3n) is 3.77. The number of nitriles is 1. The fraction of sp³-hybridized carbons (Fsp3) is 0.867. The molecule has 1 fully saturated rings. The number of rotatable bonds is 1. The highest BCUT2D eigenvalue weighted by Gasteiger charge is 2.39. The van der Waals surface area contributed by atoms with Crippen LogP contribution in [0.4, 0.5) is 4.79 Å². The zero-order valence-electron chi connectivity index (χ0n) is 13.0. The molecule has 1 heterocycles. The van der Waals surface area contributed by atoms with Gasteiger partial charge in [0.05, 0.1) is 11.5 Å². The smallest absolute Gasteiger partial charge is 0.410 e. The quantitative estimate of drug-likeness (QED) is 0.730. The molecule has 1 aliphatic rings. The minimum Gasteiger partial charge on any atom is -0.444 e. The Morgan fingerprint density at radius 2 is 1.89 bits per heavy atom. The molecule has 0 aromatic carbocycles. The molecule has 1 rings (SSSR count). The number of carbonyl (C=O) groups is 1. The van der Waals surface area contributed by atoms with E-state index in [-0.39, 0.29) is 11.5 Å². The van der Waals surface area contributed by atoms with Crippen LogP contribution in [0.15, 0.2) is 0 Å². The minimum absolute atomic E-state index is 0.243. The maximum atomic E-state index is 12.0. The van der Waals surface area contributed by atoms with E-state index < -0.39 is 5.60 Å². The standard InChI is InChI=1S/C15H26N2O2/c1-11-9-17(13(18)19-14(2,3)4)8-7-12(11)15(5,6)10-16/h11-12H,7-9H2,1-6H3. The molecule has 0 saturated carbocycles. The van der Waals surface area contributed by atoms with Crippen LogP contribution in [0.3, 0.4) is 0 Å². The molecule has 4 nitrogen and oxygen atoms in total. The van der Waals surface area contributed by atoms with E-state index in [4.69, 9.17) is 4.74 Å². The Morgan fingerprint density at radius 3 is 2.32 bits per heavy atom. The zero-order chi connectivity index (χ0) is 14.8. The van der Waals surface area contributed by atoms with Gasteiger partial charge in [-0.25, -0.2) is 4.79 Å². The lowest BCUT2D eigenvalue weighted by molar-refractivity contribution is 0.00420. The van der Waals surface area contributed by atoms with Gasteiger partial charge >= 0.3 is 6.09 Å². The van der Waals surface area contributed by atoms with Crippen LogP contribution in [0.1, 0.15) is 48.0 Å². The summed E-state index contributed by atoms with van der Waals surface area (Å²) in [5.41, 5.74) is -0.789. The van der Waals surface area contributed by atoms with E-state index in [9.17, 15) is 10.1 Å². The van der Waals surface area contributed by atoms with Crippen LogP contribution in [0.25, 0.3) is 0 Å². The monoisotopic (exact) mass is 266 g/mol. The number of hydrogen-bond donors (Lipinski definition) is 0. The van der Waals surface area contributed by atoms with Gasteiger partial charge in [-0.3, -0.25) is 0 Å². The lowest BCUT2D eigenvalue weighted by Gasteiger charge is -2.42. The van der Waals surface area contributed by atoms with Crippen LogP contribution in [0.5, 0.6) is 0 Å². The summed E-state index contributed by atoms with van der Waals surface area (Å²) < 4.78 is 5.39. The first kappa shape index (κ1) is 15.8. The van der Waals surface area contributed by atoms with Crippen molar-refractivity contribution in [3.8, 4) is 6.07 Å². The van der Waals surface area contributed by atoms with Crippen LogP contribution < -0.4 is 0 Å². The predicted octanol–water partition coefficient (Wildman–Crippen LogP) is 3.43. The third kappa shape index (κ3) is 4.12. The second-order valence-electron chi connectivity index (χ2n) is 7.13. The van der Waals surface area contributed by atoms with Crippen molar-refractivity contribution in [2.24, 2.45) is 17.3 Å². The van der Waals surface area contributed by atoms with E-state index in [1.165, 1.54) is 0 Å². The van der Waals surface area contributed by atoms with Crippen molar-refractivity contribution in [1.82, 2.24) is 4.90 Å². The normalized spacial score (nSPS) is 24.8. The molecule has 2 unspecified atom stereocenters. The fourth-order valence-electron chi connectivity index (χ4n) is 2.79. The molecular formula is C15H26N2O2. The Kier molecular flexibility index (Phi) is 4.50. The number of piperidine rings is 1. The van der Waals surface area contributed by atoms with Gasteiger partial charge in [0, 0.05) is 13.1 Å². The molecule has 0 N–H and O–H groups in total. The molecule has 2 atom stereocenters. The maximum Gasteiger partial charge on any atom is 0.410 e. The highest BCUT2D eigenvalue weighted by atomic mass is 16.6. The van der Waals surface area contributed by atoms with Gasteiger partial charge in [0.1, 0.15) is 5.60 Å². The van der Waals surface area contributed by atoms with E-state index in [0.29, 0.717) is 24.9 Å². The summed E-state index contributed by atoms with van der Waals surface area (Å²) in [5.74, 6) is 0.645. The minimum atomic E-state index is -0.455. The molecule has 1 saturated heterocycles. The Morgan fingerprint density at radius 1 is 1.32 bits per heavy atom. The molecule has 108 valence electrons. The van der Waals surface area contributed by atoms with Gasteiger partial charge in [-0.15, -0.1) is 0 Å². The first-order valence-electron chi connectivity index (χ1n) is 6.96. The Balaban J connectivity index is 2.65. The van der Waals surface area contributed by atoms with E-state index >= 15 is 0 Å². The molecule has 0 bridgehead atoms. The predicted molar refractivity (Wildman–Crippen MR) is 74.5 cm³/mol. The van der Waals surface area contributed by atoms with Crippen molar-refractivity contribution >= 4 is 6.09 Å². The largest absolute Gasteiger partial charge is 0.444 e. The molecule has 0 spiro atoms. The van der Waals surface area contributed by atoms with Crippen LogP contribution in [0, 0.1) is 28.6 Å². The molecule has 4 heteroatoms. The average molecular weight is 266 g/mol. The molecule has 0 aliphatic carbocycles. The summed E-state index contributed by atoms with van der Waals surface area (Å²) in [6.07, 6.45) is 0.619. The van der Waals surface area contributed by atoms with E-state index in [2.05, 4.69) is 13.0 Å². The van der Waals surface area contributed by atoms with Gasteiger partial charge in [-0.05, 0) is 52.9 Å². The summed E-state index contributed by atoms with van der Waals surface area (Å²) >= 11 is 0.